The highest BCUT2D eigenvalue weighted by Gasteiger charge is 2.29. The molecule has 1 aliphatic rings. The minimum atomic E-state index is -1.20. The summed E-state index contributed by atoms with van der Waals surface area (Å²) in [4.78, 5) is 67.7. The summed E-state index contributed by atoms with van der Waals surface area (Å²) in [6.45, 7) is 3.22. The molecule has 0 radical (unpaired) electrons. The van der Waals surface area contributed by atoms with Gasteiger partial charge in [-0.05, 0) is 64.5 Å². The van der Waals surface area contributed by atoms with Crippen molar-refractivity contribution in [1.29, 1.82) is 0 Å². The molecule has 0 saturated heterocycles. The molecular weight excluding hydrogens is 564 g/mol. The van der Waals surface area contributed by atoms with Gasteiger partial charge >= 0.3 is 0 Å². The van der Waals surface area contributed by atoms with Crippen LogP contribution in [0.15, 0.2) is 54.6 Å². The summed E-state index contributed by atoms with van der Waals surface area (Å²) in [5, 5.41) is 13.7. The first-order valence-corrected chi connectivity index (χ1v) is 15.0. The van der Waals surface area contributed by atoms with E-state index in [0.29, 0.717) is 18.7 Å². The van der Waals surface area contributed by atoms with E-state index < -0.39 is 48.2 Å². The maximum absolute atomic E-state index is 13.3. The Hall–Kier alpha value is -4.45. The zero-order chi connectivity index (χ0) is 31.9. The van der Waals surface area contributed by atoms with Gasteiger partial charge in [-0.3, -0.25) is 24.0 Å². The number of hydrogen-bond donors (Lipinski definition) is 5. The summed E-state index contributed by atoms with van der Waals surface area (Å²) in [5.41, 5.74) is 1.07. The monoisotopic (exact) mass is 608 g/mol. The molecule has 238 valence electrons. The van der Waals surface area contributed by atoms with Gasteiger partial charge in [-0.25, -0.2) is 0 Å². The first-order chi connectivity index (χ1) is 21.1. The number of benzene rings is 2. The van der Waals surface area contributed by atoms with Crippen LogP contribution >= 0.6 is 0 Å². The number of para-hydroxylation sites is 1. The molecule has 1 aliphatic heterocycles. The van der Waals surface area contributed by atoms with E-state index in [4.69, 9.17) is 4.74 Å². The lowest BCUT2D eigenvalue weighted by molar-refractivity contribution is -0.132. The molecule has 0 saturated carbocycles. The molecule has 0 unspecified atom stereocenters. The number of amides is 5. The molecule has 3 rings (SSSR count). The van der Waals surface area contributed by atoms with Crippen LogP contribution in [0.1, 0.15) is 48.5 Å². The SMILES string of the molecule is C[C@@H]1NC(=O)C[C@@H](C(=O)NCCCCN(C)C)NC(=O)c2ccccc2OCCCNC(=O)[C@H](Cc2ccccc2)NC1=O. The molecule has 2 aromatic carbocycles. The fourth-order valence-electron chi connectivity index (χ4n) is 4.61. The Morgan fingerprint density at radius 2 is 1.66 bits per heavy atom. The minimum Gasteiger partial charge on any atom is -0.493 e. The molecule has 3 atom stereocenters. The van der Waals surface area contributed by atoms with E-state index >= 15 is 0 Å². The van der Waals surface area contributed by atoms with Gasteiger partial charge in [0.05, 0.1) is 18.6 Å². The number of unbranched alkanes of at least 4 members (excludes halogenated alkanes) is 1. The Kier molecular flexibility index (Phi) is 13.6. The number of nitrogens with zero attached hydrogens (tertiary/aromatic N) is 1. The zero-order valence-corrected chi connectivity index (χ0v) is 25.7. The maximum atomic E-state index is 13.3. The average molecular weight is 609 g/mol. The lowest BCUT2D eigenvalue weighted by Gasteiger charge is -2.23. The molecule has 12 nitrogen and oxygen atoms in total. The predicted octanol–water partition coefficient (Wildman–Crippen LogP) is 0.764. The third-order valence-electron chi connectivity index (χ3n) is 7.04. The van der Waals surface area contributed by atoms with Crippen LogP contribution in [-0.2, 0) is 25.6 Å². The van der Waals surface area contributed by atoms with Gasteiger partial charge in [-0.1, -0.05) is 42.5 Å². The summed E-state index contributed by atoms with van der Waals surface area (Å²) in [7, 11) is 3.94. The number of nitrogens with one attached hydrogen (secondary N) is 5. The molecule has 0 aliphatic carbocycles. The van der Waals surface area contributed by atoms with Crippen molar-refractivity contribution in [3.8, 4) is 5.75 Å². The molecule has 0 aromatic heterocycles. The van der Waals surface area contributed by atoms with Crippen LogP contribution in [0, 0.1) is 0 Å². The van der Waals surface area contributed by atoms with Gasteiger partial charge in [0, 0.05) is 19.5 Å². The van der Waals surface area contributed by atoms with Crippen LogP contribution in [0.2, 0.25) is 0 Å². The molecule has 0 fully saturated rings. The number of carbonyl (C=O) groups is 5. The summed E-state index contributed by atoms with van der Waals surface area (Å²) < 4.78 is 5.85. The van der Waals surface area contributed by atoms with Gasteiger partial charge in [0.25, 0.3) is 5.91 Å². The maximum Gasteiger partial charge on any atom is 0.255 e. The van der Waals surface area contributed by atoms with Crippen LogP contribution in [0.25, 0.3) is 0 Å². The first-order valence-electron chi connectivity index (χ1n) is 15.0. The number of fused-ring (bicyclic) bond motifs is 1. The standard InChI is InChI=1S/C32H44N6O6/c1-22-29(40)36-25(20-23-12-5-4-6-13-23)31(42)34-17-11-19-44-27-15-8-7-14-24(27)30(41)37-26(21-28(39)35-22)32(43)33-16-9-10-18-38(2)3/h4-8,12-15,22,25-26H,9-11,16-21H2,1-3H3,(H,33,43)(H,34,42)(H,35,39)(H,36,40)(H,37,41)/t22-,25-,26-/m0/s1. The Balaban J connectivity index is 1.79. The van der Waals surface area contributed by atoms with Crippen molar-refractivity contribution in [3.63, 3.8) is 0 Å². The highest BCUT2D eigenvalue weighted by atomic mass is 16.5. The van der Waals surface area contributed by atoms with Crippen LogP contribution < -0.4 is 31.3 Å². The van der Waals surface area contributed by atoms with Gasteiger partial charge in [0.1, 0.15) is 23.9 Å². The van der Waals surface area contributed by atoms with E-state index in [1.165, 1.54) is 6.92 Å². The van der Waals surface area contributed by atoms with Gasteiger partial charge in [0.15, 0.2) is 0 Å². The van der Waals surface area contributed by atoms with Crippen molar-refractivity contribution >= 4 is 29.5 Å². The van der Waals surface area contributed by atoms with E-state index in [2.05, 4.69) is 26.6 Å². The largest absolute Gasteiger partial charge is 0.493 e. The smallest absolute Gasteiger partial charge is 0.255 e. The van der Waals surface area contributed by atoms with Crippen LogP contribution in [0.5, 0.6) is 5.75 Å². The Morgan fingerprint density at radius 1 is 0.932 bits per heavy atom. The van der Waals surface area contributed by atoms with Gasteiger partial charge in [-0.2, -0.15) is 0 Å². The predicted molar refractivity (Wildman–Crippen MR) is 166 cm³/mol. The lowest BCUT2D eigenvalue weighted by Crippen LogP contribution is -2.55. The third kappa shape index (κ3) is 11.3. The van der Waals surface area contributed by atoms with E-state index in [0.717, 1.165) is 24.9 Å². The van der Waals surface area contributed by atoms with E-state index in [1.54, 1.807) is 24.3 Å². The van der Waals surface area contributed by atoms with Crippen molar-refractivity contribution in [2.24, 2.45) is 0 Å². The van der Waals surface area contributed by atoms with E-state index in [9.17, 15) is 24.0 Å². The van der Waals surface area contributed by atoms with E-state index in [1.807, 2.05) is 49.3 Å². The van der Waals surface area contributed by atoms with E-state index in [-0.39, 0.29) is 31.0 Å². The minimum absolute atomic E-state index is 0.205. The number of hydrogen-bond acceptors (Lipinski definition) is 7. The van der Waals surface area contributed by atoms with Crippen molar-refractivity contribution < 1.29 is 28.7 Å². The van der Waals surface area contributed by atoms with Crippen molar-refractivity contribution in [2.75, 3.05) is 40.3 Å². The van der Waals surface area contributed by atoms with Crippen molar-refractivity contribution in [2.45, 2.75) is 57.2 Å². The average Bonchev–Trinajstić information content (AvgIpc) is 2.99. The molecular formula is C32H44N6O6. The summed E-state index contributed by atoms with van der Waals surface area (Å²) >= 11 is 0. The zero-order valence-electron chi connectivity index (χ0n) is 25.7. The molecule has 0 bridgehead atoms. The molecule has 0 spiro atoms. The molecule has 12 heteroatoms. The number of carbonyl (C=O) groups excluding carboxylic acids is 5. The van der Waals surface area contributed by atoms with Gasteiger partial charge in [-0.15, -0.1) is 0 Å². The quantitative estimate of drug-likeness (QED) is 0.277. The van der Waals surface area contributed by atoms with Gasteiger partial charge in [0.2, 0.25) is 23.6 Å². The van der Waals surface area contributed by atoms with Crippen LogP contribution in [-0.4, -0.2) is 92.9 Å². The highest BCUT2D eigenvalue weighted by Crippen LogP contribution is 2.18. The Bertz CT molecular complexity index is 1270. The topological polar surface area (TPSA) is 158 Å². The molecule has 2 aromatic rings. The Labute approximate surface area is 258 Å². The summed E-state index contributed by atoms with van der Waals surface area (Å²) in [5.74, 6) is -2.32. The second-order valence-corrected chi connectivity index (χ2v) is 11.1. The molecule has 1 heterocycles. The van der Waals surface area contributed by atoms with Crippen LogP contribution in [0.3, 0.4) is 0 Å². The fraction of sp³-hybridized carbons (Fsp3) is 0.469. The lowest BCUT2D eigenvalue weighted by atomic mass is 10.0. The fourth-order valence-corrected chi connectivity index (χ4v) is 4.61. The number of ether oxygens (including phenoxy) is 1. The van der Waals surface area contributed by atoms with Crippen LogP contribution in [0.4, 0.5) is 0 Å². The van der Waals surface area contributed by atoms with Crippen molar-refractivity contribution in [3.05, 3.63) is 65.7 Å². The second-order valence-electron chi connectivity index (χ2n) is 11.1. The number of rotatable bonds is 8. The second kappa shape index (κ2) is 17.6. The molecule has 44 heavy (non-hydrogen) atoms. The summed E-state index contributed by atoms with van der Waals surface area (Å²) in [6, 6.07) is 12.8. The van der Waals surface area contributed by atoms with Crippen molar-refractivity contribution in [1.82, 2.24) is 31.5 Å². The normalized spacial score (nSPS) is 20.5. The van der Waals surface area contributed by atoms with Gasteiger partial charge < -0.3 is 36.2 Å². The third-order valence-corrected chi connectivity index (χ3v) is 7.04. The summed E-state index contributed by atoms with van der Waals surface area (Å²) in [6.07, 6.45) is 1.89. The molecule has 5 N–H and O–H groups in total. The molecule has 5 amide bonds. The highest BCUT2D eigenvalue weighted by molar-refractivity contribution is 6.01. The first kappa shape index (κ1) is 34.0. The Morgan fingerprint density at radius 3 is 2.41 bits per heavy atom.